The molecule has 62 valence electrons. The number of nitrogens with zero attached hydrogens (tertiary/aromatic N) is 1. The van der Waals surface area contributed by atoms with Gasteiger partial charge in [-0.25, -0.2) is 0 Å². The van der Waals surface area contributed by atoms with Gasteiger partial charge >= 0.3 is 7.05 Å². The second kappa shape index (κ2) is 3.88. The van der Waals surface area contributed by atoms with E-state index in [1.165, 1.54) is 0 Å². The molecule has 1 saturated heterocycles. The van der Waals surface area contributed by atoms with Crippen LogP contribution in [0.25, 0.3) is 0 Å². The molecule has 0 saturated carbocycles. The molecule has 0 aromatic carbocycles. The van der Waals surface area contributed by atoms with Gasteiger partial charge in [0.25, 0.3) is 0 Å². The van der Waals surface area contributed by atoms with Gasteiger partial charge in [0.05, 0.1) is 0 Å². The van der Waals surface area contributed by atoms with Crippen LogP contribution >= 0.6 is 0 Å². The molecular formula is C7H14BNO2. The summed E-state index contributed by atoms with van der Waals surface area (Å²) in [5.74, 6) is 0.137. The van der Waals surface area contributed by atoms with Gasteiger partial charge in [-0.15, -0.1) is 0 Å². The van der Waals surface area contributed by atoms with Crippen molar-refractivity contribution in [3.05, 3.63) is 0 Å². The number of hydrogen-bond acceptors (Lipinski definition) is 3. The molecule has 1 aliphatic rings. The Morgan fingerprint density at radius 1 is 1.73 bits per heavy atom. The third-order valence-electron chi connectivity index (χ3n) is 2.21. The smallest absolute Gasteiger partial charge is 0.376 e. The molecule has 0 aromatic rings. The molecule has 1 atom stereocenters. The van der Waals surface area contributed by atoms with Crippen molar-refractivity contribution in [2.45, 2.75) is 19.7 Å². The van der Waals surface area contributed by atoms with E-state index in [0.717, 1.165) is 32.2 Å². The van der Waals surface area contributed by atoms with E-state index in [1.54, 1.807) is 6.82 Å². The predicted octanol–water partition coefficient (Wildman–Crippen LogP) is 0.00760. The first kappa shape index (κ1) is 8.75. The SMILES string of the molecule is CB(O)N1CCCC(C=O)C1. The fourth-order valence-electron chi connectivity index (χ4n) is 1.49. The zero-order valence-electron chi connectivity index (χ0n) is 6.86. The minimum absolute atomic E-state index is 0.137. The van der Waals surface area contributed by atoms with E-state index >= 15 is 0 Å². The van der Waals surface area contributed by atoms with Crippen molar-refractivity contribution in [2.24, 2.45) is 5.92 Å². The van der Waals surface area contributed by atoms with Gasteiger partial charge in [0.15, 0.2) is 0 Å². The maximum absolute atomic E-state index is 10.4. The van der Waals surface area contributed by atoms with E-state index < -0.39 is 7.05 Å². The summed E-state index contributed by atoms with van der Waals surface area (Å²) in [5, 5.41) is 9.20. The molecular weight excluding hydrogens is 141 g/mol. The number of rotatable bonds is 2. The van der Waals surface area contributed by atoms with E-state index in [-0.39, 0.29) is 5.92 Å². The van der Waals surface area contributed by atoms with Gasteiger partial charge in [-0.1, -0.05) is 0 Å². The summed E-state index contributed by atoms with van der Waals surface area (Å²) in [4.78, 5) is 12.4. The molecule has 0 aliphatic carbocycles. The van der Waals surface area contributed by atoms with Gasteiger partial charge in [0.2, 0.25) is 0 Å². The monoisotopic (exact) mass is 155 g/mol. The summed E-state index contributed by atoms with van der Waals surface area (Å²) in [5.41, 5.74) is 0. The van der Waals surface area contributed by atoms with Crippen LogP contribution < -0.4 is 0 Å². The Balaban J connectivity index is 2.39. The average molecular weight is 155 g/mol. The van der Waals surface area contributed by atoms with E-state index in [4.69, 9.17) is 0 Å². The first-order valence-electron chi connectivity index (χ1n) is 4.11. The molecule has 1 rings (SSSR count). The number of carbonyl (C=O) groups excluding carboxylic acids is 1. The predicted molar refractivity (Wildman–Crippen MR) is 44.2 cm³/mol. The summed E-state index contributed by atoms with van der Waals surface area (Å²) >= 11 is 0. The summed E-state index contributed by atoms with van der Waals surface area (Å²) < 4.78 is 0. The molecule has 1 unspecified atom stereocenters. The zero-order chi connectivity index (χ0) is 8.27. The van der Waals surface area contributed by atoms with Gasteiger partial charge in [0.1, 0.15) is 6.29 Å². The lowest BCUT2D eigenvalue weighted by atomic mass is 9.81. The van der Waals surface area contributed by atoms with E-state index in [9.17, 15) is 9.82 Å². The molecule has 0 bridgehead atoms. The average Bonchev–Trinajstić information content (AvgIpc) is 2.05. The van der Waals surface area contributed by atoms with Crippen LogP contribution in [0.1, 0.15) is 12.8 Å². The second-order valence-electron chi connectivity index (χ2n) is 3.17. The Kier molecular flexibility index (Phi) is 3.08. The van der Waals surface area contributed by atoms with E-state index in [2.05, 4.69) is 0 Å². The van der Waals surface area contributed by atoms with E-state index in [1.807, 2.05) is 4.81 Å². The van der Waals surface area contributed by atoms with Crippen LogP contribution in [-0.4, -0.2) is 36.3 Å². The molecule has 4 heteroatoms. The highest BCUT2D eigenvalue weighted by molar-refractivity contribution is 6.45. The lowest BCUT2D eigenvalue weighted by Crippen LogP contribution is -2.44. The molecule has 0 amide bonds. The third-order valence-corrected chi connectivity index (χ3v) is 2.21. The quantitative estimate of drug-likeness (QED) is 0.451. The maximum Gasteiger partial charge on any atom is 0.376 e. The molecule has 1 N–H and O–H groups in total. The summed E-state index contributed by atoms with van der Waals surface area (Å²) in [6.45, 7) is 3.39. The topological polar surface area (TPSA) is 40.5 Å². The van der Waals surface area contributed by atoms with Crippen molar-refractivity contribution in [1.82, 2.24) is 4.81 Å². The Bertz CT molecular complexity index is 140. The van der Waals surface area contributed by atoms with Crippen molar-refractivity contribution in [1.29, 1.82) is 0 Å². The van der Waals surface area contributed by atoms with Crippen LogP contribution in [-0.2, 0) is 4.79 Å². The standard InChI is InChI=1S/C7H14BNO2/c1-8(11)9-4-2-3-7(5-9)6-10/h6-7,11H,2-5H2,1H3. The molecule has 1 fully saturated rings. The van der Waals surface area contributed by atoms with Gasteiger partial charge in [0, 0.05) is 5.92 Å². The third kappa shape index (κ3) is 2.31. The largest absolute Gasteiger partial charge is 0.437 e. The minimum Gasteiger partial charge on any atom is -0.437 e. The van der Waals surface area contributed by atoms with Gasteiger partial charge in [-0.3, -0.25) is 0 Å². The van der Waals surface area contributed by atoms with Crippen LogP contribution in [0.2, 0.25) is 6.82 Å². The molecule has 1 aliphatic heterocycles. The van der Waals surface area contributed by atoms with Crippen molar-refractivity contribution in [3.63, 3.8) is 0 Å². The normalized spacial score (nSPS) is 26.5. The lowest BCUT2D eigenvalue weighted by molar-refractivity contribution is -0.112. The molecule has 0 spiro atoms. The summed E-state index contributed by atoms with van der Waals surface area (Å²) in [6, 6.07) is 0. The summed E-state index contributed by atoms with van der Waals surface area (Å²) in [7, 11) is -0.405. The molecule has 11 heavy (non-hydrogen) atoms. The molecule has 3 nitrogen and oxygen atoms in total. The van der Waals surface area contributed by atoms with Gasteiger partial charge < -0.3 is 14.6 Å². The Morgan fingerprint density at radius 3 is 3.00 bits per heavy atom. The minimum atomic E-state index is -0.405. The highest BCUT2D eigenvalue weighted by atomic mass is 16.2. The van der Waals surface area contributed by atoms with E-state index in [0.29, 0.717) is 0 Å². The second-order valence-corrected chi connectivity index (χ2v) is 3.17. The highest BCUT2D eigenvalue weighted by Gasteiger charge is 2.23. The Labute approximate surface area is 67.5 Å². The maximum atomic E-state index is 10.4. The van der Waals surface area contributed by atoms with Crippen LogP contribution in [0.3, 0.4) is 0 Å². The first-order chi connectivity index (χ1) is 5.24. The molecule has 0 aromatic heterocycles. The molecule has 1 heterocycles. The highest BCUT2D eigenvalue weighted by Crippen LogP contribution is 2.14. The van der Waals surface area contributed by atoms with Crippen LogP contribution in [0.5, 0.6) is 0 Å². The number of carbonyl (C=O) groups is 1. The summed E-state index contributed by atoms with van der Waals surface area (Å²) in [6.07, 6.45) is 3.00. The van der Waals surface area contributed by atoms with Crippen molar-refractivity contribution in [3.8, 4) is 0 Å². The zero-order valence-corrected chi connectivity index (χ0v) is 6.86. The van der Waals surface area contributed by atoms with Crippen molar-refractivity contribution >= 4 is 13.3 Å². The fourth-order valence-corrected chi connectivity index (χ4v) is 1.49. The first-order valence-corrected chi connectivity index (χ1v) is 4.11. The van der Waals surface area contributed by atoms with Crippen LogP contribution in [0.15, 0.2) is 0 Å². The number of hydrogen-bond donors (Lipinski definition) is 1. The van der Waals surface area contributed by atoms with Gasteiger partial charge in [-0.05, 0) is 32.8 Å². The van der Waals surface area contributed by atoms with Crippen molar-refractivity contribution < 1.29 is 9.82 Å². The Morgan fingerprint density at radius 2 is 2.45 bits per heavy atom. The number of aldehydes is 1. The molecule has 0 radical (unpaired) electrons. The number of piperidine rings is 1. The van der Waals surface area contributed by atoms with Gasteiger partial charge in [-0.2, -0.15) is 0 Å². The fraction of sp³-hybridized carbons (Fsp3) is 0.857. The Hall–Kier alpha value is -0.345. The van der Waals surface area contributed by atoms with Crippen LogP contribution in [0.4, 0.5) is 0 Å². The van der Waals surface area contributed by atoms with Crippen molar-refractivity contribution in [2.75, 3.05) is 13.1 Å². The van der Waals surface area contributed by atoms with Crippen LogP contribution in [0, 0.1) is 5.92 Å². The lowest BCUT2D eigenvalue weighted by Gasteiger charge is -2.30.